The summed E-state index contributed by atoms with van der Waals surface area (Å²) in [5.74, 6) is 1.78. The highest BCUT2D eigenvalue weighted by Crippen LogP contribution is 2.29. The van der Waals surface area contributed by atoms with E-state index in [0.717, 1.165) is 11.8 Å². The maximum Gasteiger partial charge on any atom is 0.175 e. The molecule has 0 amide bonds. The predicted molar refractivity (Wildman–Crippen MR) is 80.5 cm³/mol. The van der Waals surface area contributed by atoms with Crippen molar-refractivity contribution in [2.45, 2.75) is 11.4 Å². The first-order chi connectivity index (χ1) is 9.94. The molecule has 0 aromatic heterocycles. The van der Waals surface area contributed by atoms with Gasteiger partial charge >= 0.3 is 0 Å². The second kappa shape index (κ2) is 6.15. The molecule has 0 aliphatic rings. The molecule has 112 valence electrons. The zero-order valence-electron chi connectivity index (χ0n) is 11.9. The van der Waals surface area contributed by atoms with Crippen molar-refractivity contribution in [2.75, 3.05) is 13.4 Å². The van der Waals surface area contributed by atoms with Crippen LogP contribution in [0, 0.1) is 0 Å². The van der Waals surface area contributed by atoms with Crippen LogP contribution >= 0.6 is 0 Å². The van der Waals surface area contributed by atoms with E-state index in [0.29, 0.717) is 23.8 Å². The summed E-state index contributed by atoms with van der Waals surface area (Å²) in [7, 11) is -1.64. The molecule has 2 aromatic carbocycles. The number of hydrogen-bond acceptors (Lipinski definition) is 5. The van der Waals surface area contributed by atoms with Crippen LogP contribution in [0.1, 0.15) is 5.56 Å². The summed E-state index contributed by atoms with van der Waals surface area (Å²) in [5, 5.41) is 0. The molecule has 2 aromatic rings. The SMILES string of the molecule is COc1ccc(CN)c(Oc2ccc(S(C)(=O)=O)cc2)c1. The van der Waals surface area contributed by atoms with Crippen LogP contribution in [0.25, 0.3) is 0 Å². The summed E-state index contributed by atoms with van der Waals surface area (Å²) in [6.07, 6.45) is 1.16. The van der Waals surface area contributed by atoms with Crippen molar-refractivity contribution in [2.24, 2.45) is 5.73 Å². The van der Waals surface area contributed by atoms with Crippen molar-refractivity contribution in [3.63, 3.8) is 0 Å². The minimum atomic E-state index is -3.21. The van der Waals surface area contributed by atoms with Crippen molar-refractivity contribution < 1.29 is 17.9 Å². The maximum absolute atomic E-state index is 11.4. The van der Waals surface area contributed by atoms with Crippen molar-refractivity contribution in [1.82, 2.24) is 0 Å². The molecular formula is C15H17NO4S. The minimum absolute atomic E-state index is 0.250. The number of nitrogens with two attached hydrogens (primary N) is 1. The van der Waals surface area contributed by atoms with E-state index < -0.39 is 9.84 Å². The first-order valence-electron chi connectivity index (χ1n) is 6.29. The average molecular weight is 307 g/mol. The van der Waals surface area contributed by atoms with Crippen molar-refractivity contribution in [1.29, 1.82) is 0 Å². The Hall–Kier alpha value is -2.05. The normalized spacial score (nSPS) is 11.2. The van der Waals surface area contributed by atoms with Gasteiger partial charge in [0.05, 0.1) is 12.0 Å². The summed E-state index contributed by atoms with van der Waals surface area (Å²) in [6.45, 7) is 0.334. The molecule has 2 N–H and O–H groups in total. The Morgan fingerprint density at radius 2 is 1.67 bits per heavy atom. The molecule has 0 aliphatic heterocycles. The van der Waals surface area contributed by atoms with Gasteiger partial charge in [0, 0.05) is 24.4 Å². The Bertz CT molecular complexity index is 724. The van der Waals surface area contributed by atoms with Crippen LogP contribution in [0.15, 0.2) is 47.4 Å². The van der Waals surface area contributed by atoms with Gasteiger partial charge in [-0.25, -0.2) is 8.42 Å². The molecule has 6 heteroatoms. The summed E-state index contributed by atoms with van der Waals surface area (Å²) < 4.78 is 33.7. The maximum atomic E-state index is 11.4. The van der Waals surface area contributed by atoms with Crippen LogP contribution in [0.4, 0.5) is 0 Å². The first-order valence-corrected chi connectivity index (χ1v) is 8.18. The quantitative estimate of drug-likeness (QED) is 0.917. The smallest absolute Gasteiger partial charge is 0.175 e. The predicted octanol–water partition coefficient (Wildman–Crippen LogP) is 2.35. The van der Waals surface area contributed by atoms with Crippen molar-refractivity contribution >= 4 is 9.84 Å². The molecular weight excluding hydrogens is 290 g/mol. The van der Waals surface area contributed by atoms with E-state index in [9.17, 15) is 8.42 Å². The Morgan fingerprint density at radius 1 is 1.05 bits per heavy atom. The number of rotatable bonds is 5. The summed E-state index contributed by atoms with van der Waals surface area (Å²) >= 11 is 0. The van der Waals surface area contributed by atoms with E-state index in [1.807, 2.05) is 12.1 Å². The number of benzene rings is 2. The standard InChI is InChI=1S/C15H17NO4S/c1-19-13-4-3-11(10-16)15(9-13)20-12-5-7-14(8-6-12)21(2,17)18/h3-9H,10,16H2,1-2H3. The number of ether oxygens (including phenoxy) is 2. The van der Waals surface area contributed by atoms with E-state index in [-0.39, 0.29) is 4.90 Å². The molecule has 21 heavy (non-hydrogen) atoms. The molecule has 0 spiro atoms. The van der Waals surface area contributed by atoms with E-state index in [1.165, 1.54) is 12.1 Å². The van der Waals surface area contributed by atoms with Crippen LogP contribution in [0.3, 0.4) is 0 Å². The van der Waals surface area contributed by atoms with E-state index >= 15 is 0 Å². The molecule has 0 aliphatic carbocycles. The minimum Gasteiger partial charge on any atom is -0.497 e. The highest BCUT2D eigenvalue weighted by molar-refractivity contribution is 7.90. The lowest BCUT2D eigenvalue weighted by molar-refractivity contribution is 0.408. The lowest BCUT2D eigenvalue weighted by Gasteiger charge is -2.12. The molecule has 0 radical (unpaired) electrons. The first kappa shape index (κ1) is 15.3. The van der Waals surface area contributed by atoms with Gasteiger partial charge < -0.3 is 15.2 Å². The molecule has 0 saturated carbocycles. The fourth-order valence-corrected chi connectivity index (χ4v) is 2.44. The van der Waals surface area contributed by atoms with E-state index in [1.54, 1.807) is 25.3 Å². The van der Waals surface area contributed by atoms with Gasteiger partial charge in [-0.1, -0.05) is 6.07 Å². The molecule has 0 bridgehead atoms. The molecule has 0 saturated heterocycles. The molecule has 0 atom stereocenters. The third-order valence-electron chi connectivity index (χ3n) is 2.97. The van der Waals surface area contributed by atoms with Gasteiger partial charge in [-0.05, 0) is 30.3 Å². The second-order valence-corrected chi connectivity index (χ2v) is 6.54. The number of sulfone groups is 1. The second-order valence-electron chi connectivity index (χ2n) is 4.52. The third-order valence-corrected chi connectivity index (χ3v) is 4.10. The lowest BCUT2D eigenvalue weighted by atomic mass is 10.2. The fraction of sp³-hybridized carbons (Fsp3) is 0.200. The largest absolute Gasteiger partial charge is 0.497 e. The van der Waals surface area contributed by atoms with Gasteiger partial charge in [0.2, 0.25) is 0 Å². The summed E-state index contributed by atoms with van der Waals surface area (Å²) in [4.78, 5) is 0.250. The zero-order valence-corrected chi connectivity index (χ0v) is 12.7. The van der Waals surface area contributed by atoms with Gasteiger partial charge in [-0.2, -0.15) is 0 Å². The lowest BCUT2D eigenvalue weighted by Crippen LogP contribution is -2.00. The molecule has 0 fully saturated rings. The van der Waals surface area contributed by atoms with Crippen LogP contribution in [0.2, 0.25) is 0 Å². The Balaban J connectivity index is 2.29. The zero-order chi connectivity index (χ0) is 15.5. The summed E-state index contributed by atoms with van der Waals surface area (Å²) in [5.41, 5.74) is 6.51. The van der Waals surface area contributed by atoms with Crippen LogP contribution < -0.4 is 15.2 Å². The number of hydrogen-bond donors (Lipinski definition) is 1. The van der Waals surface area contributed by atoms with Gasteiger partial charge in [-0.3, -0.25) is 0 Å². The molecule has 2 rings (SSSR count). The Morgan fingerprint density at radius 3 is 2.19 bits per heavy atom. The van der Waals surface area contributed by atoms with Gasteiger partial charge in [0.15, 0.2) is 9.84 Å². The molecule has 5 nitrogen and oxygen atoms in total. The van der Waals surface area contributed by atoms with Crippen LogP contribution in [0.5, 0.6) is 17.2 Å². The number of methoxy groups -OCH3 is 1. The van der Waals surface area contributed by atoms with Gasteiger partial charge in [-0.15, -0.1) is 0 Å². The third kappa shape index (κ3) is 3.74. The topological polar surface area (TPSA) is 78.6 Å². The highest BCUT2D eigenvalue weighted by Gasteiger charge is 2.09. The highest BCUT2D eigenvalue weighted by atomic mass is 32.2. The fourth-order valence-electron chi connectivity index (χ4n) is 1.81. The van der Waals surface area contributed by atoms with Gasteiger partial charge in [0.1, 0.15) is 17.2 Å². The van der Waals surface area contributed by atoms with Crippen molar-refractivity contribution in [3.05, 3.63) is 48.0 Å². The van der Waals surface area contributed by atoms with E-state index in [2.05, 4.69) is 0 Å². The van der Waals surface area contributed by atoms with Crippen LogP contribution in [-0.4, -0.2) is 21.8 Å². The van der Waals surface area contributed by atoms with Crippen LogP contribution in [-0.2, 0) is 16.4 Å². The molecule has 0 unspecified atom stereocenters. The van der Waals surface area contributed by atoms with Crippen molar-refractivity contribution in [3.8, 4) is 17.2 Å². The summed E-state index contributed by atoms with van der Waals surface area (Å²) in [6, 6.07) is 11.6. The average Bonchev–Trinajstić information content (AvgIpc) is 2.46. The molecule has 0 heterocycles. The Kier molecular flexibility index (Phi) is 4.50. The van der Waals surface area contributed by atoms with E-state index in [4.69, 9.17) is 15.2 Å². The Labute approximate surface area is 124 Å². The monoisotopic (exact) mass is 307 g/mol. The van der Waals surface area contributed by atoms with Gasteiger partial charge in [0.25, 0.3) is 0 Å².